The van der Waals surface area contributed by atoms with Gasteiger partial charge < -0.3 is 9.80 Å². The average Bonchev–Trinajstić information content (AvgIpc) is 2.65. The highest BCUT2D eigenvalue weighted by Gasteiger charge is 2.17. The van der Waals surface area contributed by atoms with Crippen molar-refractivity contribution in [2.75, 3.05) is 56.1 Å². The van der Waals surface area contributed by atoms with Crippen molar-refractivity contribution >= 4 is 11.4 Å². The number of anilines is 2. The third-order valence-electron chi connectivity index (χ3n) is 5.11. The quantitative estimate of drug-likeness (QED) is 0.829. The van der Waals surface area contributed by atoms with Gasteiger partial charge in [0.2, 0.25) is 0 Å². The van der Waals surface area contributed by atoms with Crippen molar-refractivity contribution in [3.05, 3.63) is 59.2 Å². The van der Waals surface area contributed by atoms with Crippen molar-refractivity contribution in [3.8, 4) is 6.07 Å². The maximum Gasteiger partial charge on any atom is 0.0992 e. The number of benzene rings is 2. The number of aryl methyl sites for hydroxylation is 2. The first kappa shape index (κ1) is 18.3. The molecule has 1 saturated heterocycles. The number of likely N-dealkylation sites (N-methyl/N-ethyl adjacent to an activating group) is 1. The largest absolute Gasteiger partial charge is 0.373 e. The third kappa shape index (κ3) is 4.56. The number of rotatable bonds is 5. The summed E-state index contributed by atoms with van der Waals surface area (Å²) < 4.78 is 0. The van der Waals surface area contributed by atoms with Crippen LogP contribution >= 0.6 is 0 Å². The maximum atomic E-state index is 9.05. The van der Waals surface area contributed by atoms with Crippen molar-refractivity contribution in [2.24, 2.45) is 0 Å². The Balaban J connectivity index is 1.50. The van der Waals surface area contributed by atoms with Crippen LogP contribution in [0.15, 0.2) is 42.5 Å². The molecule has 2 aromatic rings. The Morgan fingerprint density at radius 2 is 1.69 bits per heavy atom. The van der Waals surface area contributed by atoms with Crippen LogP contribution in [0, 0.1) is 25.2 Å². The second kappa shape index (κ2) is 8.25. The molecule has 26 heavy (non-hydrogen) atoms. The van der Waals surface area contributed by atoms with Crippen molar-refractivity contribution in [1.29, 1.82) is 5.26 Å². The topological polar surface area (TPSA) is 33.5 Å². The molecule has 0 radical (unpaired) electrons. The Morgan fingerprint density at radius 3 is 2.35 bits per heavy atom. The van der Waals surface area contributed by atoms with Crippen molar-refractivity contribution in [1.82, 2.24) is 4.90 Å². The Labute approximate surface area is 157 Å². The van der Waals surface area contributed by atoms with Crippen LogP contribution in [0.3, 0.4) is 0 Å². The summed E-state index contributed by atoms with van der Waals surface area (Å²) in [6, 6.07) is 16.9. The lowest BCUT2D eigenvalue weighted by Crippen LogP contribution is -2.48. The normalized spacial score (nSPS) is 14.9. The highest BCUT2D eigenvalue weighted by atomic mass is 15.3. The van der Waals surface area contributed by atoms with Crippen molar-refractivity contribution in [3.63, 3.8) is 0 Å². The minimum Gasteiger partial charge on any atom is -0.373 e. The summed E-state index contributed by atoms with van der Waals surface area (Å²) in [4.78, 5) is 7.26. The van der Waals surface area contributed by atoms with Gasteiger partial charge in [0, 0.05) is 57.7 Å². The van der Waals surface area contributed by atoms with Crippen LogP contribution in [0.5, 0.6) is 0 Å². The number of nitrogens with zero attached hydrogens (tertiary/aromatic N) is 4. The molecule has 136 valence electrons. The van der Waals surface area contributed by atoms with Crippen LogP contribution in [-0.2, 0) is 0 Å². The van der Waals surface area contributed by atoms with Gasteiger partial charge in [0.05, 0.1) is 11.6 Å². The van der Waals surface area contributed by atoms with E-state index in [0.717, 1.165) is 50.5 Å². The van der Waals surface area contributed by atoms with Gasteiger partial charge in [0.15, 0.2) is 0 Å². The summed E-state index contributed by atoms with van der Waals surface area (Å²) in [7, 11) is 2.10. The van der Waals surface area contributed by atoms with E-state index in [2.05, 4.69) is 65.9 Å². The molecule has 1 fully saturated rings. The Bertz CT molecular complexity index is 765. The van der Waals surface area contributed by atoms with E-state index in [9.17, 15) is 0 Å². The zero-order valence-corrected chi connectivity index (χ0v) is 16.1. The molecular weight excluding hydrogens is 320 g/mol. The molecule has 3 rings (SSSR count). The van der Waals surface area contributed by atoms with Crippen LogP contribution < -0.4 is 9.80 Å². The van der Waals surface area contributed by atoms with Crippen molar-refractivity contribution < 1.29 is 0 Å². The van der Waals surface area contributed by atoms with E-state index in [4.69, 9.17) is 5.26 Å². The number of nitriles is 1. The van der Waals surface area contributed by atoms with Crippen LogP contribution in [-0.4, -0.2) is 51.2 Å². The molecular formula is C22H28N4. The van der Waals surface area contributed by atoms with Gasteiger partial charge in [-0.05, 0) is 55.3 Å². The van der Waals surface area contributed by atoms with Crippen molar-refractivity contribution in [2.45, 2.75) is 13.8 Å². The molecule has 0 spiro atoms. The van der Waals surface area contributed by atoms with Gasteiger partial charge in [0.25, 0.3) is 0 Å². The monoisotopic (exact) mass is 348 g/mol. The Morgan fingerprint density at radius 1 is 1.00 bits per heavy atom. The van der Waals surface area contributed by atoms with Gasteiger partial charge in [-0.15, -0.1) is 0 Å². The first-order chi connectivity index (χ1) is 12.5. The molecule has 1 aliphatic heterocycles. The summed E-state index contributed by atoms with van der Waals surface area (Å²) in [5.41, 5.74) is 5.86. The molecule has 0 atom stereocenters. The Hall–Kier alpha value is -2.51. The predicted molar refractivity (Wildman–Crippen MR) is 109 cm³/mol. The molecule has 1 aliphatic rings. The minimum atomic E-state index is 0.719. The summed E-state index contributed by atoms with van der Waals surface area (Å²) in [5, 5.41) is 9.05. The molecule has 0 aromatic heterocycles. The summed E-state index contributed by atoms with van der Waals surface area (Å²) in [5.74, 6) is 0. The van der Waals surface area contributed by atoms with E-state index >= 15 is 0 Å². The fraction of sp³-hybridized carbons (Fsp3) is 0.409. The van der Waals surface area contributed by atoms with Gasteiger partial charge in [0.1, 0.15) is 0 Å². The van der Waals surface area contributed by atoms with E-state index in [0.29, 0.717) is 0 Å². The SMILES string of the molecule is Cc1cc(C)cc(N2CCN(CCN(C)c3cccc(C#N)c3)CC2)c1. The van der Waals surface area contributed by atoms with Crippen LogP contribution in [0.4, 0.5) is 11.4 Å². The lowest BCUT2D eigenvalue weighted by molar-refractivity contribution is 0.263. The maximum absolute atomic E-state index is 9.05. The highest BCUT2D eigenvalue weighted by Crippen LogP contribution is 2.20. The smallest absolute Gasteiger partial charge is 0.0992 e. The van der Waals surface area contributed by atoms with E-state index in [1.807, 2.05) is 18.2 Å². The molecule has 4 nitrogen and oxygen atoms in total. The third-order valence-corrected chi connectivity index (χ3v) is 5.11. The minimum absolute atomic E-state index is 0.719. The number of hydrogen-bond donors (Lipinski definition) is 0. The summed E-state index contributed by atoms with van der Waals surface area (Å²) in [6.45, 7) is 10.7. The molecule has 0 saturated carbocycles. The van der Waals surface area contributed by atoms with Gasteiger partial charge in [-0.1, -0.05) is 12.1 Å². The molecule has 0 aliphatic carbocycles. The first-order valence-corrected chi connectivity index (χ1v) is 9.32. The first-order valence-electron chi connectivity index (χ1n) is 9.32. The second-order valence-electron chi connectivity index (χ2n) is 7.26. The number of hydrogen-bond acceptors (Lipinski definition) is 4. The average molecular weight is 348 g/mol. The zero-order valence-electron chi connectivity index (χ0n) is 16.1. The van der Waals surface area contributed by atoms with Gasteiger partial charge in [-0.25, -0.2) is 0 Å². The lowest BCUT2D eigenvalue weighted by Gasteiger charge is -2.37. The number of piperazine rings is 1. The second-order valence-corrected chi connectivity index (χ2v) is 7.26. The Kier molecular flexibility index (Phi) is 5.80. The van der Waals surface area contributed by atoms with Crippen LogP contribution in [0.25, 0.3) is 0 Å². The molecule has 1 heterocycles. The fourth-order valence-electron chi connectivity index (χ4n) is 3.60. The predicted octanol–water partition coefficient (Wildman–Crippen LogP) is 3.43. The van der Waals surface area contributed by atoms with Crippen LogP contribution in [0.1, 0.15) is 16.7 Å². The van der Waals surface area contributed by atoms with Gasteiger partial charge >= 0.3 is 0 Å². The standard InChI is InChI=1S/C22H28N4/c1-18-13-19(2)15-22(14-18)26-11-9-25(10-12-26)8-7-24(3)21-6-4-5-20(16-21)17-23/h4-6,13-16H,7-12H2,1-3H3. The molecule has 0 bridgehead atoms. The summed E-state index contributed by atoms with van der Waals surface area (Å²) in [6.07, 6.45) is 0. The van der Waals surface area contributed by atoms with E-state index in [-0.39, 0.29) is 0 Å². The molecule has 0 amide bonds. The zero-order chi connectivity index (χ0) is 18.5. The van der Waals surface area contributed by atoms with Gasteiger partial charge in [-0.3, -0.25) is 4.90 Å². The summed E-state index contributed by atoms with van der Waals surface area (Å²) >= 11 is 0. The molecule has 4 heteroatoms. The molecule has 0 unspecified atom stereocenters. The molecule has 0 N–H and O–H groups in total. The van der Waals surface area contributed by atoms with E-state index < -0.39 is 0 Å². The van der Waals surface area contributed by atoms with Gasteiger partial charge in [-0.2, -0.15) is 5.26 Å². The van der Waals surface area contributed by atoms with E-state index in [1.165, 1.54) is 16.8 Å². The highest BCUT2D eigenvalue weighted by molar-refractivity contribution is 5.52. The van der Waals surface area contributed by atoms with Crippen LogP contribution in [0.2, 0.25) is 0 Å². The molecule has 2 aromatic carbocycles. The fourth-order valence-corrected chi connectivity index (χ4v) is 3.60. The van der Waals surface area contributed by atoms with E-state index in [1.54, 1.807) is 0 Å². The lowest BCUT2D eigenvalue weighted by atomic mass is 10.1.